The predicted octanol–water partition coefficient (Wildman–Crippen LogP) is 3.94. The molecular formula is C27H30N2O8S. The second kappa shape index (κ2) is 13.2. The molecule has 0 heterocycles. The molecule has 0 aliphatic rings. The molecule has 11 heteroatoms. The topological polar surface area (TPSA) is 128 Å². The molecule has 0 saturated heterocycles. The molecule has 3 aromatic rings. The third-order valence-electron chi connectivity index (χ3n) is 5.84. The van der Waals surface area contributed by atoms with Crippen LogP contribution in [0.2, 0.25) is 0 Å². The first kappa shape index (κ1) is 28.8. The number of hydrogen-bond donors (Lipinski definition) is 1. The molecule has 38 heavy (non-hydrogen) atoms. The average molecular weight is 543 g/mol. The first-order valence-electron chi connectivity index (χ1n) is 11.6. The third kappa shape index (κ3) is 6.95. The zero-order valence-corrected chi connectivity index (χ0v) is 21.9. The number of rotatable bonds is 14. The van der Waals surface area contributed by atoms with Gasteiger partial charge < -0.3 is 19.3 Å². The molecule has 3 aromatic carbocycles. The lowest BCUT2D eigenvalue weighted by atomic mass is 10.1. The van der Waals surface area contributed by atoms with Crippen molar-refractivity contribution in [2.45, 2.75) is 30.2 Å². The van der Waals surface area contributed by atoms with Gasteiger partial charge in [0.15, 0.2) is 0 Å². The fraction of sp³-hybridized carbons (Fsp3) is 0.259. The summed E-state index contributed by atoms with van der Waals surface area (Å²) in [6.07, 6.45) is 0.0587. The normalized spacial score (nSPS) is 13.1. The van der Waals surface area contributed by atoms with E-state index in [1.807, 2.05) is 30.3 Å². The van der Waals surface area contributed by atoms with Gasteiger partial charge in [-0.1, -0.05) is 42.5 Å². The third-order valence-corrected chi connectivity index (χ3v) is 7.70. The van der Waals surface area contributed by atoms with Crippen molar-refractivity contribution < 1.29 is 32.7 Å². The van der Waals surface area contributed by atoms with Crippen LogP contribution in [-0.4, -0.2) is 55.7 Å². The van der Waals surface area contributed by atoms with Gasteiger partial charge in [0, 0.05) is 30.3 Å². The smallest absolute Gasteiger partial charge is 0.269 e. The largest absolute Gasteiger partial charge is 0.497 e. The van der Waals surface area contributed by atoms with Crippen LogP contribution in [0.3, 0.4) is 0 Å². The van der Waals surface area contributed by atoms with Crippen LogP contribution < -0.4 is 9.47 Å². The van der Waals surface area contributed by atoms with E-state index in [0.29, 0.717) is 17.1 Å². The summed E-state index contributed by atoms with van der Waals surface area (Å²) in [5.41, 5.74) is 1.15. The molecule has 0 aromatic heterocycles. The van der Waals surface area contributed by atoms with Crippen molar-refractivity contribution in [3.8, 4) is 11.5 Å². The first-order chi connectivity index (χ1) is 18.2. The lowest BCUT2D eigenvalue weighted by Crippen LogP contribution is -2.47. The van der Waals surface area contributed by atoms with Gasteiger partial charge in [-0.25, -0.2) is 8.42 Å². The van der Waals surface area contributed by atoms with Crippen LogP contribution >= 0.6 is 0 Å². The van der Waals surface area contributed by atoms with E-state index in [-0.39, 0.29) is 30.3 Å². The van der Waals surface area contributed by atoms with Crippen molar-refractivity contribution in [1.82, 2.24) is 4.31 Å². The van der Waals surface area contributed by atoms with E-state index in [9.17, 15) is 23.6 Å². The lowest BCUT2D eigenvalue weighted by Gasteiger charge is -2.32. The molecule has 0 radical (unpaired) electrons. The quantitative estimate of drug-likeness (QED) is 0.184. The van der Waals surface area contributed by atoms with Crippen molar-refractivity contribution in [1.29, 1.82) is 0 Å². The molecule has 0 fully saturated rings. The van der Waals surface area contributed by atoms with Gasteiger partial charge in [-0.2, -0.15) is 4.31 Å². The standard InChI is InChI=1S/C27H30N2O8S/c1-4-25(26(30)19-37-18-20-8-6-5-7-9-20)28(17-21-10-13-23(35-2)16-27(21)36-3)38(33,34)24-14-11-22(12-15-24)29(31)32/h4-16,25-26,30H,1,17-19H2,2-3H3/t25-,26+/m1/s1. The second-order valence-electron chi connectivity index (χ2n) is 8.27. The highest BCUT2D eigenvalue weighted by Crippen LogP contribution is 2.30. The number of aliphatic hydroxyl groups is 1. The first-order valence-corrected chi connectivity index (χ1v) is 13.0. The van der Waals surface area contributed by atoms with E-state index >= 15 is 0 Å². The Morgan fingerprint density at radius 2 is 1.74 bits per heavy atom. The Labute approximate surface area is 221 Å². The number of sulfonamides is 1. The number of hydrogen-bond acceptors (Lipinski definition) is 8. The molecule has 0 aliphatic heterocycles. The lowest BCUT2D eigenvalue weighted by molar-refractivity contribution is -0.384. The number of nitro benzene ring substituents is 1. The highest BCUT2D eigenvalue weighted by Gasteiger charge is 2.35. The summed E-state index contributed by atoms with van der Waals surface area (Å²) in [5, 5.41) is 22.1. The van der Waals surface area contributed by atoms with Gasteiger partial charge in [0.25, 0.3) is 5.69 Å². The van der Waals surface area contributed by atoms with E-state index < -0.39 is 27.1 Å². The summed E-state index contributed by atoms with van der Waals surface area (Å²) in [4.78, 5) is 10.3. The van der Waals surface area contributed by atoms with Crippen LogP contribution in [0.15, 0.2) is 90.3 Å². The van der Waals surface area contributed by atoms with Crippen molar-refractivity contribution in [2.75, 3.05) is 20.8 Å². The van der Waals surface area contributed by atoms with E-state index in [0.717, 1.165) is 34.1 Å². The number of benzene rings is 3. The number of ether oxygens (including phenoxy) is 3. The fourth-order valence-electron chi connectivity index (χ4n) is 3.81. The molecule has 0 bridgehead atoms. The van der Waals surface area contributed by atoms with Crippen molar-refractivity contribution >= 4 is 15.7 Å². The Morgan fingerprint density at radius 1 is 1.05 bits per heavy atom. The Kier molecular flexibility index (Phi) is 9.97. The summed E-state index contributed by atoms with van der Waals surface area (Å²) >= 11 is 0. The minimum absolute atomic E-state index is 0.169. The van der Waals surface area contributed by atoms with Crippen molar-refractivity contribution in [3.63, 3.8) is 0 Å². The maximum Gasteiger partial charge on any atom is 0.269 e. The zero-order valence-electron chi connectivity index (χ0n) is 21.1. The Bertz CT molecular complexity index is 1330. The molecule has 0 spiro atoms. The SMILES string of the molecule is C=C[C@H]([C@@H](O)COCc1ccccc1)N(Cc1ccc(OC)cc1OC)S(=O)(=O)c1ccc([N+](=O)[O-])cc1. The Balaban J connectivity index is 1.95. The molecule has 1 N–H and O–H groups in total. The highest BCUT2D eigenvalue weighted by atomic mass is 32.2. The van der Waals surface area contributed by atoms with Crippen LogP contribution in [0.5, 0.6) is 11.5 Å². The van der Waals surface area contributed by atoms with Crippen LogP contribution in [0.4, 0.5) is 5.69 Å². The molecule has 10 nitrogen and oxygen atoms in total. The Hall–Kier alpha value is -3.77. The van der Waals surface area contributed by atoms with Gasteiger partial charge in [-0.15, -0.1) is 6.58 Å². The number of methoxy groups -OCH3 is 2. The molecule has 3 rings (SSSR count). The van der Waals surface area contributed by atoms with Crippen LogP contribution in [0.25, 0.3) is 0 Å². The molecule has 0 saturated carbocycles. The Morgan fingerprint density at radius 3 is 2.32 bits per heavy atom. The predicted molar refractivity (Wildman–Crippen MR) is 141 cm³/mol. The number of nitrogens with zero attached hydrogens (tertiary/aromatic N) is 2. The summed E-state index contributed by atoms with van der Waals surface area (Å²) in [5.74, 6) is 0.899. The maximum absolute atomic E-state index is 13.8. The van der Waals surface area contributed by atoms with Crippen LogP contribution in [0, 0.1) is 10.1 Å². The van der Waals surface area contributed by atoms with Crippen LogP contribution in [-0.2, 0) is 27.9 Å². The molecule has 0 unspecified atom stereocenters. The number of non-ortho nitro benzene ring substituents is 1. The molecule has 0 aliphatic carbocycles. The molecule has 2 atom stereocenters. The molecular weight excluding hydrogens is 512 g/mol. The van der Waals surface area contributed by atoms with Gasteiger partial charge in [0.2, 0.25) is 10.0 Å². The number of aliphatic hydroxyl groups excluding tert-OH is 1. The van der Waals surface area contributed by atoms with E-state index in [4.69, 9.17) is 14.2 Å². The molecule has 0 amide bonds. The van der Waals surface area contributed by atoms with Gasteiger partial charge >= 0.3 is 0 Å². The zero-order chi connectivity index (χ0) is 27.7. The summed E-state index contributed by atoms with van der Waals surface area (Å²) in [7, 11) is -1.33. The van der Waals surface area contributed by atoms with Crippen LogP contribution in [0.1, 0.15) is 11.1 Å². The number of nitro groups is 1. The minimum Gasteiger partial charge on any atom is -0.497 e. The average Bonchev–Trinajstić information content (AvgIpc) is 2.93. The van der Waals surface area contributed by atoms with Gasteiger partial charge in [0.1, 0.15) is 11.5 Å². The van der Waals surface area contributed by atoms with E-state index in [1.165, 1.54) is 20.3 Å². The van der Waals surface area contributed by atoms with Crippen molar-refractivity contribution in [2.24, 2.45) is 0 Å². The fourth-order valence-corrected chi connectivity index (χ4v) is 5.42. The summed E-state index contributed by atoms with van der Waals surface area (Å²) in [6.45, 7) is 3.62. The van der Waals surface area contributed by atoms with E-state index in [1.54, 1.807) is 18.2 Å². The maximum atomic E-state index is 13.8. The monoisotopic (exact) mass is 542 g/mol. The van der Waals surface area contributed by atoms with Crippen molar-refractivity contribution in [3.05, 3.63) is 107 Å². The second-order valence-corrected chi connectivity index (χ2v) is 10.2. The molecule has 202 valence electrons. The van der Waals surface area contributed by atoms with Gasteiger partial charge in [-0.3, -0.25) is 10.1 Å². The minimum atomic E-state index is -4.28. The van der Waals surface area contributed by atoms with Gasteiger partial charge in [0.05, 0.1) is 49.4 Å². The summed E-state index contributed by atoms with van der Waals surface area (Å²) < 4.78 is 45.1. The highest BCUT2D eigenvalue weighted by molar-refractivity contribution is 7.89. The van der Waals surface area contributed by atoms with Gasteiger partial charge in [-0.05, 0) is 23.8 Å². The summed E-state index contributed by atoms with van der Waals surface area (Å²) in [6, 6.07) is 17.7. The van der Waals surface area contributed by atoms with E-state index in [2.05, 4.69) is 6.58 Å².